The van der Waals surface area contributed by atoms with Gasteiger partial charge in [0.2, 0.25) is 0 Å². The van der Waals surface area contributed by atoms with Crippen molar-refractivity contribution in [3.05, 3.63) is 29.6 Å². The Morgan fingerprint density at radius 3 is 2.65 bits per heavy atom. The van der Waals surface area contributed by atoms with Crippen LogP contribution in [-0.4, -0.2) is 48.5 Å². The molecule has 0 aromatic heterocycles. The first-order valence-corrected chi connectivity index (χ1v) is 6.86. The summed E-state index contributed by atoms with van der Waals surface area (Å²) in [6.07, 6.45) is -5.24. The number of nitrogens with zero attached hydrogens (tertiary/aromatic N) is 1. The lowest BCUT2D eigenvalue weighted by Gasteiger charge is -2.25. The number of methoxy groups -OCH3 is 1. The first kappa shape index (κ1) is 17.3. The number of carbonyl (C=O) groups is 1. The van der Waals surface area contributed by atoms with Crippen LogP contribution in [0.5, 0.6) is 5.75 Å². The van der Waals surface area contributed by atoms with Gasteiger partial charge in [-0.05, 0) is 24.1 Å². The van der Waals surface area contributed by atoms with Gasteiger partial charge in [-0.25, -0.2) is 9.18 Å². The highest BCUT2D eigenvalue weighted by molar-refractivity contribution is 5.75. The Morgan fingerprint density at radius 1 is 1.48 bits per heavy atom. The van der Waals surface area contributed by atoms with Crippen molar-refractivity contribution in [2.45, 2.75) is 24.7 Å². The molecule has 2 amide bonds. The van der Waals surface area contributed by atoms with Crippen LogP contribution < -0.4 is 10.1 Å². The molecule has 1 saturated heterocycles. The van der Waals surface area contributed by atoms with Gasteiger partial charge in [-0.3, -0.25) is 0 Å². The number of benzene rings is 1. The number of amides is 2. The molecular formula is C14H16F4N2O3. The molecule has 128 valence electrons. The predicted octanol–water partition coefficient (Wildman–Crippen LogP) is 2.21. The van der Waals surface area contributed by atoms with E-state index >= 15 is 0 Å². The minimum absolute atomic E-state index is 0.0343. The molecular weight excluding hydrogens is 320 g/mol. The van der Waals surface area contributed by atoms with Crippen molar-refractivity contribution in [3.8, 4) is 5.75 Å². The number of halogens is 4. The number of hydrogen-bond donors (Lipinski definition) is 2. The monoisotopic (exact) mass is 336 g/mol. The molecule has 1 fully saturated rings. The number of likely N-dealkylation sites (tertiary alicyclic amines) is 1. The Bertz CT molecular complexity index is 580. The number of carbonyl (C=O) groups excluding carboxylic acids is 1. The van der Waals surface area contributed by atoms with E-state index in [-0.39, 0.29) is 18.8 Å². The van der Waals surface area contributed by atoms with Crippen LogP contribution in [0.3, 0.4) is 0 Å². The Morgan fingerprint density at radius 2 is 2.17 bits per heavy atom. The van der Waals surface area contributed by atoms with Gasteiger partial charge in [-0.1, -0.05) is 6.07 Å². The van der Waals surface area contributed by atoms with Gasteiger partial charge < -0.3 is 20.1 Å². The molecule has 2 N–H and O–H groups in total. The third-order valence-electron chi connectivity index (χ3n) is 3.55. The largest absolute Gasteiger partial charge is 0.494 e. The van der Waals surface area contributed by atoms with E-state index in [0.717, 1.165) is 17.0 Å². The summed E-state index contributed by atoms with van der Waals surface area (Å²) >= 11 is 0. The average Bonchev–Trinajstić information content (AvgIpc) is 2.90. The number of ether oxygens (including phenoxy) is 1. The first-order valence-electron chi connectivity index (χ1n) is 6.86. The van der Waals surface area contributed by atoms with Crippen molar-refractivity contribution in [2.75, 3.05) is 20.2 Å². The van der Waals surface area contributed by atoms with E-state index in [0.29, 0.717) is 12.5 Å². The topological polar surface area (TPSA) is 61.8 Å². The molecule has 5 nitrogen and oxygen atoms in total. The predicted molar refractivity (Wildman–Crippen MR) is 72.5 cm³/mol. The molecule has 1 aromatic carbocycles. The van der Waals surface area contributed by atoms with Gasteiger partial charge >= 0.3 is 12.2 Å². The van der Waals surface area contributed by atoms with Crippen LogP contribution in [0.2, 0.25) is 0 Å². The maximum atomic E-state index is 13.6. The smallest absolute Gasteiger partial charge is 0.412 e. The van der Waals surface area contributed by atoms with Crippen LogP contribution in [-0.2, 0) is 0 Å². The molecule has 1 heterocycles. The summed E-state index contributed by atoms with van der Waals surface area (Å²) in [6.45, 7) is 0.127. The van der Waals surface area contributed by atoms with Crippen LogP contribution in [0.15, 0.2) is 18.2 Å². The van der Waals surface area contributed by atoms with E-state index in [1.807, 2.05) is 5.32 Å². The number of rotatable bonds is 3. The molecule has 0 bridgehead atoms. The van der Waals surface area contributed by atoms with Crippen LogP contribution >= 0.6 is 0 Å². The zero-order valence-electron chi connectivity index (χ0n) is 12.2. The minimum atomic E-state index is -4.80. The quantitative estimate of drug-likeness (QED) is 0.832. The highest BCUT2D eigenvalue weighted by atomic mass is 19.4. The Hall–Kier alpha value is -2.03. The van der Waals surface area contributed by atoms with Crippen molar-refractivity contribution >= 4 is 6.03 Å². The fraction of sp³-hybridized carbons (Fsp3) is 0.500. The standard InChI is InChI=1S/C14H16F4N2O3/c1-23-11-3-2-8(6-10(11)15)12(14(16,17)18)19-13(22)20-5-4-9(21)7-20/h2-3,6,9,12,21H,4-5,7H2,1H3,(H,19,22)/t9-,12-/m0/s1. The summed E-state index contributed by atoms with van der Waals surface area (Å²) in [6, 6.07) is -0.530. The summed E-state index contributed by atoms with van der Waals surface area (Å²) in [5.41, 5.74) is -0.441. The summed E-state index contributed by atoms with van der Waals surface area (Å²) < 4.78 is 57.9. The summed E-state index contributed by atoms with van der Waals surface area (Å²) in [7, 11) is 1.19. The summed E-state index contributed by atoms with van der Waals surface area (Å²) in [4.78, 5) is 13.0. The number of urea groups is 1. The van der Waals surface area contributed by atoms with Gasteiger partial charge in [0.1, 0.15) is 0 Å². The van der Waals surface area contributed by atoms with Crippen LogP contribution in [0.25, 0.3) is 0 Å². The molecule has 0 unspecified atom stereocenters. The normalized spacial score (nSPS) is 19.6. The van der Waals surface area contributed by atoms with Gasteiger partial charge in [0, 0.05) is 13.1 Å². The zero-order chi connectivity index (χ0) is 17.2. The Balaban J connectivity index is 2.21. The third kappa shape index (κ3) is 4.04. The molecule has 23 heavy (non-hydrogen) atoms. The zero-order valence-corrected chi connectivity index (χ0v) is 12.2. The first-order chi connectivity index (χ1) is 10.7. The number of β-amino-alcohol motifs (C(OH)–C–C–N with tert-alkyl or cyclic N) is 1. The maximum absolute atomic E-state index is 13.6. The Kier molecular flexibility index (Phi) is 4.98. The van der Waals surface area contributed by atoms with Gasteiger partial charge in [-0.2, -0.15) is 13.2 Å². The molecule has 1 aromatic rings. The lowest BCUT2D eigenvalue weighted by atomic mass is 10.1. The van der Waals surface area contributed by atoms with Crippen molar-refractivity contribution < 1.29 is 32.2 Å². The summed E-state index contributed by atoms with van der Waals surface area (Å²) in [5.74, 6) is -1.14. The second-order valence-corrected chi connectivity index (χ2v) is 5.21. The number of hydrogen-bond acceptors (Lipinski definition) is 3. The minimum Gasteiger partial charge on any atom is -0.494 e. The SMILES string of the molecule is COc1ccc([C@H](NC(=O)N2CC[C@H](O)C2)C(F)(F)F)cc1F. The third-order valence-corrected chi connectivity index (χ3v) is 3.55. The molecule has 9 heteroatoms. The van der Waals surface area contributed by atoms with Crippen LogP contribution in [0.4, 0.5) is 22.4 Å². The summed E-state index contributed by atoms with van der Waals surface area (Å²) in [5, 5.41) is 11.2. The van der Waals surface area contributed by atoms with E-state index in [1.165, 1.54) is 7.11 Å². The van der Waals surface area contributed by atoms with Crippen molar-refractivity contribution in [1.29, 1.82) is 0 Å². The molecule has 1 aliphatic heterocycles. The fourth-order valence-electron chi connectivity index (χ4n) is 2.36. The van der Waals surface area contributed by atoms with Gasteiger partial charge in [-0.15, -0.1) is 0 Å². The number of nitrogens with one attached hydrogen (secondary N) is 1. The molecule has 2 atom stereocenters. The maximum Gasteiger partial charge on any atom is 0.412 e. The second-order valence-electron chi connectivity index (χ2n) is 5.21. The number of aliphatic hydroxyl groups excluding tert-OH is 1. The van der Waals surface area contributed by atoms with Gasteiger partial charge in [0.05, 0.1) is 13.2 Å². The van der Waals surface area contributed by atoms with E-state index in [9.17, 15) is 27.5 Å². The van der Waals surface area contributed by atoms with Crippen molar-refractivity contribution in [2.24, 2.45) is 0 Å². The van der Waals surface area contributed by atoms with E-state index < -0.39 is 35.7 Å². The highest BCUT2D eigenvalue weighted by Gasteiger charge is 2.43. The van der Waals surface area contributed by atoms with E-state index in [2.05, 4.69) is 4.74 Å². The molecule has 0 aliphatic carbocycles. The second kappa shape index (κ2) is 6.61. The highest BCUT2D eigenvalue weighted by Crippen LogP contribution is 2.34. The van der Waals surface area contributed by atoms with Crippen LogP contribution in [0.1, 0.15) is 18.0 Å². The van der Waals surface area contributed by atoms with Crippen molar-refractivity contribution in [3.63, 3.8) is 0 Å². The van der Waals surface area contributed by atoms with Crippen molar-refractivity contribution in [1.82, 2.24) is 10.2 Å². The fourth-order valence-corrected chi connectivity index (χ4v) is 2.36. The van der Waals surface area contributed by atoms with Gasteiger partial charge in [0.25, 0.3) is 0 Å². The van der Waals surface area contributed by atoms with E-state index in [1.54, 1.807) is 0 Å². The lowest BCUT2D eigenvalue weighted by molar-refractivity contribution is -0.155. The van der Waals surface area contributed by atoms with E-state index in [4.69, 9.17) is 0 Å². The number of alkyl halides is 3. The van der Waals surface area contributed by atoms with Gasteiger partial charge in [0.15, 0.2) is 17.6 Å². The lowest BCUT2D eigenvalue weighted by Crippen LogP contribution is -2.45. The average molecular weight is 336 g/mol. The van der Waals surface area contributed by atoms with Crippen LogP contribution in [0, 0.1) is 5.82 Å². The molecule has 2 rings (SSSR count). The Labute approximate surface area is 129 Å². The molecule has 0 radical (unpaired) electrons. The molecule has 1 aliphatic rings. The number of aliphatic hydroxyl groups is 1. The molecule has 0 saturated carbocycles. The molecule has 0 spiro atoms.